The molecule has 3 N–H and O–H groups in total. The predicted molar refractivity (Wildman–Crippen MR) is 177 cm³/mol. The number of aliphatic imine (C=N–C) groups is 1. The number of ether oxygens (including phenoxy) is 2. The topological polar surface area (TPSA) is 137 Å². The van der Waals surface area contributed by atoms with Crippen molar-refractivity contribution >= 4 is 40.3 Å². The second-order valence-electron chi connectivity index (χ2n) is 10.6. The van der Waals surface area contributed by atoms with Crippen LogP contribution in [0.5, 0.6) is 0 Å². The third-order valence-electron chi connectivity index (χ3n) is 7.34. The summed E-state index contributed by atoms with van der Waals surface area (Å²) in [5, 5.41) is 3.40. The average Bonchev–Trinajstić information content (AvgIpc) is 3.38. The normalized spacial score (nSPS) is 11.5. The number of amides is 1. The maximum absolute atomic E-state index is 13.6. The van der Waals surface area contributed by atoms with E-state index in [1.165, 1.54) is 24.2 Å². The molecule has 238 valence electrons. The number of amidine groups is 1. The first kappa shape index (κ1) is 33.1. The first-order valence-corrected chi connectivity index (χ1v) is 15.5. The number of rotatable bonds is 17. The lowest BCUT2D eigenvalue weighted by Gasteiger charge is -2.21. The summed E-state index contributed by atoms with van der Waals surface area (Å²) in [7, 11) is 1.94. The van der Waals surface area contributed by atoms with Gasteiger partial charge in [0.05, 0.1) is 30.6 Å². The lowest BCUT2D eigenvalue weighted by Crippen LogP contribution is -2.34. The molecule has 4 aromatic rings. The number of fused-ring (bicyclic) bond motifs is 1. The number of carbonyl (C=O) groups is 2. The number of aromatic nitrogens is 3. The smallest absolute Gasteiger partial charge is 0.307 e. The van der Waals surface area contributed by atoms with Gasteiger partial charge in [0.25, 0.3) is 5.91 Å². The highest BCUT2D eigenvalue weighted by Crippen LogP contribution is 2.21. The molecule has 1 amide bonds. The largest absolute Gasteiger partial charge is 0.466 e. The van der Waals surface area contributed by atoms with E-state index in [4.69, 9.17) is 20.2 Å². The van der Waals surface area contributed by atoms with Crippen molar-refractivity contribution in [2.75, 3.05) is 36.7 Å². The van der Waals surface area contributed by atoms with Crippen LogP contribution in [-0.2, 0) is 27.9 Å². The molecule has 0 unspecified atom stereocenters. The van der Waals surface area contributed by atoms with Crippen molar-refractivity contribution in [2.24, 2.45) is 17.8 Å². The summed E-state index contributed by atoms with van der Waals surface area (Å²) < 4.78 is 12.6. The minimum absolute atomic E-state index is 0.0613. The lowest BCUT2D eigenvalue weighted by atomic mass is 10.1. The van der Waals surface area contributed by atoms with Gasteiger partial charge in [-0.15, -0.1) is 0 Å². The second-order valence-corrected chi connectivity index (χ2v) is 10.6. The van der Waals surface area contributed by atoms with E-state index in [0.29, 0.717) is 35.9 Å². The van der Waals surface area contributed by atoms with Gasteiger partial charge in [0.15, 0.2) is 0 Å². The number of benzene rings is 2. The summed E-state index contributed by atoms with van der Waals surface area (Å²) in [5.74, 6) is 1.07. The van der Waals surface area contributed by atoms with Crippen molar-refractivity contribution in [3.63, 3.8) is 0 Å². The Labute approximate surface area is 264 Å². The molecule has 0 aliphatic rings. The Hall–Kier alpha value is -4.77. The third kappa shape index (κ3) is 9.36. The SMILES string of the molecule is CCCCCCOCN=C(N)c1ccc(NCc2nc3cc(C(=O)N(CCC(=O)OCC)c4ccccn4)ccc3n2C)cc1. The Morgan fingerprint density at radius 3 is 2.56 bits per heavy atom. The Balaban J connectivity index is 1.39. The van der Waals surface area contributed by atoms with E-state index >= 15 is 0 Å². The zero-order valence-corrected chi connectivity index (χ0v) is 26.4. The van der Waals surface area contributed by atoms with Gasteiger partial charge in [-0.25, -0.2) is 15.0 Å². The fourth-order valence-corrected chi connectivity index (χ4v) is 4.81. The van der Waals surface area contributed by atoms with Crippen LogP contribution in [0.2, 0.25) is 0 Å². The number of esters is 1. The number of nitrogens with zero attached hydrogens (tertiary/aromatic N) is 5. The van der Waals surface area contributed by atoms with Crippen LogP contribution in [0.15, 0.2) is 71.9 Å². The van der Waals surface area contributed by atoms with Crippen molar-refractivity contribution in [3.8, 4) is 0 Å². The molecular weight excluding hydrogens is 570 g/mol. The Morgan fingerprint density at radius 2 is 1.82 bits per heavy atom. The molecule has 2 aromatic carbocycles. The molecule has 0 saturated heterocycles. The molecule has 0 radical (unpaired) electrons. The minimum atomic E-state index is -0.368. The minimum Gasteiger partial charge on any atom is -0.466 e. The number of hydrogen-bond donors (Lipinski definition) is 2. The molecule has 2 heterocycles. The van der Waals surface area contributed by atoms with E-state index in [2.05, 4.69) is 22.2 Å². The Bertz CT molecular complexity index is 1570. The number of imidazole rings is 1. The summed E-state index contributed by atoms with van der Waals surface area (Å²) in [5.41, 5.74) is 9.93. The van der Waals surface area contributed by atoms with Crippen LogP contribution in [0.25, 0.3) is 11.0 Å². The highest BCUT2D eigenvalue weighted by molar-refractivity contribution is 6.07. The number of nitrogens with one attached hydrogen (secondary N) is 1. The van der Waals surface area contributed by atoms with E-state index < -0.39 is 0 Å². The lowest BCUT2D eigenvalue weighted by molar-refractivity contribution is -0.142. The number of aryl methyl sites for hydroxylation is 1. The molecule has 11 heteroatoms. The van der Waals surface area contributed by atoms with Gasteiger partial charge in [0.2, 0.25) is 0 Å². The number of hydrogen-bond acceptors (Lipinski definition) is 8. The van der Waals surface area contributed by atoms with E-state index in [1.807, 2.05) is 41.9 Å². The summed E-state index contributed by atoms with van der Waals surface area (Å²) in [6.07, 6.45) is 6.31. The first-order valence-electron chi connectivity index (χ1n) is 15.5. The Morgan fingerprint density at radius 1 is 1.02 bits per heavy atom. The van der Waals surface area contributed by atoms with Gasteiger partial charge < -0.3 is 25.1 Å². The Kier molecular flexibility index (Phi) is 12.4. The van der Waals surface area contributed by atoms with Crippen molar-refractivity contribution < 1.29 is 19.1 Å². The molecule has 0 atom stereocenters. The van der Waals surface area contributed by atoms with Crippen LogP contribution in [-0.4, -0.2) is 58.7 Å². The van der Waals surface area contributed by atoms with Crippen LogP contribution in [0.3, 0.4) is 0 Å². The van der Waals surface area contributed by atoms with E-state index in [9.17, 15) is 9.59 Å². The number of carbonyl (C=O) groups excluding carboxylic acids is 2. The monoisotopic (exact) mass is 613 g/mol. The van der Waals surface area contributed by atoms with Crippen molar-refractivity contribution in [2.45, 2.75) is 52.5 Å². The van der Waals surface area contributed by atoms with Crippen LogP contribution in [0, 0.1) is 0 Å². The molecule has 2 aromatic heterocycles. The highest BCUT2D eigenvalue weighted by Gasteiger charge is 2.21. The molecule has 0 aliphatic carbocycles. The summed E-state index contributed by atoms with van der Waals surface area (Å²) in [6, 6.07) is 18.5. The third-order valence-corrected chi connectivity index (χ3v) is 7.34. The molecule has 0 bridgehead atoms. The van der Waals surface area contributed by atoms with Gasteiger partial charge in [-0.1, -0.05) is 32.3 Å². The van der Waals surface area contributed by atoms with Crippen LogP contribution in [0.4, 0.5) is 11.5 Å². The standard InChI is InChI=1S/C34H43N7O4/c1-4-6-7-10-21-44-24-38-33(35)25-12-15-27(16-13-25)37-23-31-39-28-22-26(14-17-29(28)40(31)3)34(43)41(20-18-32(42)45-5-2)30-11-8-9-19-36-30/h8-9,11-17,19,22,37H,4-7,10,18,20-21,23-24H2,1-3H3,(H2,35,38). The van der Waals surface area contributed by atoms with Gasteiger partial charge in [0, 0.05) is 43.2 Å². The van der Waals surface area contributed by atoms with Gasteiger partial charge in [-0.3, -0.25) is 14.5 Å². The number of unbranched alkanes of at least 4 members (excludes halogenated alkanes) is 3. The van der Waals surface area contributed by atoms with Crippen LogP contribution in [0.1, 0.15) is 67.7 Å². The zero-order valence-electron chi connectivity index (χ0n) is 26.4. The number of nitrogens with two attached hydrogens (primary N) is 1. The highest BCUT2D eigenvalue weighted by atomic mass is 16.5. The molecule has 4 rings (SSSR count). The van der Waals surface area contributed by atoms with E-state index in [0.717, 1.165) is 29.0 Å². The second kappa shape index (κ2) is 16.9. The molecule has 45 heavy (non-hydrogen) atoms. The number of anilines is 2. The number of pyridine rings is 1. The van der Waals surface area contributed by atoms with Gasteiger partial charge in [0.1, 0.15) is 24.2 Å². The first-order chi connectivity index (χ1) is 21.9. The van der Waals surface area contributed by atoms with E-state index in [1.54, 1.807) is 43.5 Å². The summed E-state index contributed by atoms with van der Waals surface area (Å²) in [4.78, 5) is 40.6. The predicted octanol–water partition coefficient (Wildman–Crippen LogP) is 5.44. The molecule has 11 nitrogen and oxygen atoms in total. The van der Waals surface area contributed by atoms with E-state index in [-0.39, 0.29) is 38.2 Å². The molecule has 0 saturated carbocycles. The summed E-state index contributed by atoms with van der Waals surface area (Å²) >= 11 is 0. The quantitative estimate of drug-likeness (QED) is 0.0695. The van der Waals surface area contributed by atoms with Gasteiger partial charge in [-0.05, 0) is 67.9 Å². The van der Waals surface area contributed by atoms with Gasteiger partial charge in [-0.2, -0.15) is 0 Å². The van der Waals surface area contributed by atoms with Crippen molar-refractivity contribution in [1.82, 2.24) is 14.5 Å². The van der Waals surface area contributed by atoms with Crippen molar-refractivity contribution in [1.29, 1.82) is 0 Å². The average molecular weight is 614 g/mol. The van der Waals surface area contributed by atoms with Gasteiger partial charge >= 0.3 is 5.97 Å². The van der Waals surface area contributed by atoms with Crippen LogP contribution >= 0.6 is 0 Å². The fraction of sp³-hybridized carbons (Fsp3) is 0.382. The fourth-order valence-electron chi connectivity index (χ4n) is 4.81. The van der Waals surface area contributed by atoms with Crippen LogP contribution < -0.4 is 16.0 Å². The maximum Gasteiger partial charge on any atom is 0.307 e. The summed E-state index contributed by atoms with van der Waals surface area (Å²) in [6.45, 7) is 5.80. The molecule has 0 aliphatic heterocycles. The van der Waals surface area contributed by atoms with Crippen molar-refractivity contribution in [3.05, 3.63) is 83.8 Å². The molecule has 0 fully saturated rings. The molecule has 0 spiro atoms. The maximum atomic E-state index is 13.6. The molecular formula is C34H43N7O4. The zero-order chi connectivity index (χ0) is 32.0.